The van der Waals surface area contributed by atoms with Gasteiger partial charge in [0.25, 0.3) is 5.91 Å². The fraction of sp³-hybridized carbons (Fsp3) is 0.692. The molecule has 0 saturated heterocycles. The lowest BCUT2D eigenvalue weighted by Crippen LogP contribution is -2.41. The number of carbonyl (C=O) groups is 1. The summed E-state index contributed by atoms with van der Waals surface area (Å²) in [5, 5.41) is 10.2. The third-order valence-electron chi connectivity index (χ3n) is 3.73. The van der Waals surface area contributed by atoms with Crippen LogP contribution in [0.5, 0.6) is 0 Å². The molecule has 0 atom stereocenters. The van der Waals surface area contributed by atoms with Crippen molar-refractivity contribution in [3.05, 3.63) is 17.0 Å². The van der Waals surface area contributed by atoms with Crippen molar-refractivity contribution in [3.63, 3.8) is 0 Å². The summed E-state index contributed by atoms with van der Waals surface area (Å²) >= 11 is 0. The average Bonchev–Trinajstić information content (AvgIpc) is 2.70. The average molecular weight is 251 g/mol. The van der Waals surface area contributed by atoms with Crippen LogP contribution in [-0.2, 0) is 0 Å². The van der Waals surface area contributed by atoms with Gasteiger partial charge in [0.05, 0.1) is 5.69 Å². The van der Waals surface area contributed by atoms with Crippen LogP contribution in [0.2, 0.25) is 0 Å². The number of amides is 1. The number of aromatic nitrogens is 1. The molecule has 2 N–H and O–H groups in total. The van der Waals surface area contributed by atoms with Crippen LogP contribution in [0, 0.1) is 13.8 Å². The SMILES string of the molecule is CNC1CCC(NC(=O)c2c(C)noc2C)CC1. The van der Waals surface area contributed by atoms with E-state index in [1.54, 1.807) is 13.8 Å². The van der Waals surface area contributed by atoms with E-state index in [2.05, 4.69) is 15.8 Å². The standard InChI is InChI=1S/C13H21N3O2/c1-8-12(9(2)18-16-8)13(17)15-11-6-4-10(14-3)5-7-11/h10-11,14H,4-7H2,1-3H3,(H,15,17). The monoisotopic (exact) mass is 251 g/mol. The van der Waals surface area contributed by atoms with Gasteiger partial charge < -0.3 is 15.2 Å². The second-order valence-corrected chi connectivity index (χ2v) is 5.01. The fourth-order valence-corrected chi connectivity index (χ4v) is 2.59. The van der Waals surface area contributed by atoms with E-state index in [9.17, 15) is 4.79 Å². The first-order valence-corrected chi connectivity index (χ1v) is 6.52. The van der Waals surface area contributed by atoms with E-state index in [0.29, 0.717) is 23.1 Å². The largest absolute Gasteiger partial charge is 0.361 e. The summed E-state index contributed by atoms with van der Waals surface area (Å²) in [5.74, 6) is 0.535. The molecule has 2 rings (SSSR count). The zero-order valence-electron chi connectivity index (χ0n) is 11.2. The van der Waals surface area contributed by atoms with Crippen molar-refractivity contribution in [2.24, 2.45) is 0 Å². The van der Waals surface area contributed by atoms with Gasteiger partial charge >= 0.3 is 0 Å². The first-order valence-electron chi connectivity index (χ1n) is 6.52. The molecule has 0 radical (unpaired) electrons. The molecule has 0 spiro atoms. The maximum Gasteiger partial charge on any atom is 0.257 e. The van der Waals surface area contributed by atoms with Crippen LogP contribution < -0.4 is 10.6 Å². The van der Waals surface area contributed by atoms with Crippen molar-refractivity contribution in [2.45, 2.75) is 51.6 Å². The predicted molar refractivity (Wildman–Crippen MR) is 68.5 cm³/mol. The smallest absolute Gasteiger partial charge is 0.257 e. The topological polar surface area (TPSA) is 67.2 Å². The Hall–Kier alpha value is -1.36. The number of hydrogen-bond acceptors (Lipinski definition) is 4. The van der Waals surface area contributed by atoms with E-state index < -0.39 is 0 Å². The van der Waals surface area contributed by atoms with E-state index in [1.165, 1.54) is 0 Å². The molecule has 0 bridgehead atoms. The molecule has 0 aliphatic heterocycles. The number of nitrogens with zero attached hydrogens (tertiary/aromatic N) is 1. The Balaban J connectivity index is 1.93. The van der Waals surface area contributed by atoms with Crippen molar-refractivity contribution in [1.82, 2.24) is 15.8 Å². The lowest BCUT2D eigenvalue weighted by atomic mass is 9.91. The lowest BCUT2D eigenvalue weighted by Gasteiger charge is -2.28. The van der Waals surface area contributed by atoms with Crippen molar-refractivity contribution in [1.29, 1.82) is 0 Å². The summed E-state index contributed by atoms with van der Waals surface area (Å²) in [7, 11) is 1.99. The molecule has 1 aliphatic rings. The Morgan fingerprint density at radius 2 is 1.83 bits per heavy atom. The quantitative estimate of drug-likeness (QED) is 0.855. The molecule has 5 nitrogen and oxygen atoms in total. The first-order chi connectivity index (χ1) is 8.61. The van der Waals surface area contributed by atoms with E-state index in [0.717, 1.165) is 25.7 Å². The second kappa shape index (κ2) is 5.52. The van der Waals surface area contributed by atoms with Gasteiger partial charge in [0.2, 0.25) is 0 Å². The number of rotatable bonds is 3. The molecule has 1 aromatic heterocycles. The predicted octanol–water partition coefficient (Wildman–Crippen LogP) is 1.55. The molecular weight excluding hydrogens is 230 g/mol. The minimum Gasteiger partial charge on any atom is -0.361 e. The van der Waals surface area contributed by atoms with Crippen molar-refractivity contribution < 1.29 is 9.32 Å². The van der Waals surface area contributed by atoms with Crippen LogP contribution in [0.15, 0.2) is 4.52 Å². The number of aryl methyl sites for hydroxylation is 2. The van der Waals surface area contributed by atoms with Crippen molar-refractivity contribution in [2.75, 3.05) is 7.05 Å². The number of carbonyl (C=O) groups excluding carboxylic acids is 1. The van der Waals surface area contributed by atoms with Crippen LogP contribution in [0.1, 0.15) is 47.5 Å². The zero-order valence-corrected chi connectivity index (χ0v) is 11.2. The van der Waals surface area contributed by atoms with Crippen molar-refractivity contribution >= 4 is 5.91 Å². The highest BCUT2D eigenvalue weighted by molar-refractivity contribution is 5.96. The third-order valence-corrected chi connectivity index (χ3v) is 3.73. The molecule has 1 aliphatic carbocycles. The number of nitrogens with one attached hydrogen (secondary N) is 2. The Bertz CT molecular complexity index is 400. The minimum absolute atomic E-state index is 0.0563. The van der Waals surface area contributed by atoms with Crippen molar-refractivity contribution in [3.8, 4) is 0 Å². The van der Waals surface area contributed by atoms with Crippen LogP contribution >= 0.6 is 0 Å². The van der Waals surface area contributed by atoms with Crippen LogP contribution in [-0.4, -0.2) is 30.2 Å². The molecule has 5 heteroatoms. The van der Waals surface area contributed by atoms with Crippen LogP contribution in [0.4, 0.5) is 0 Å². The van der Waals surface area contributed by atoms with E-state index in [-0.39, 0.29) is 11.9 Å². The molecule has 0 unspecified atom stereocenters. The fourth-order valence-electron chi connectivity index (χ4n) is 2.59. The van der Waals surface area contributed by atoms with E-state index in [4.69, 9.17) is 4.52 Å². The van der Waals surface area contributed by atoms with E-state index >= 15 is 0 Å². The molecule has 1 aromatic rings. The molecule has 0 aromatic carbocycles. The Morgan fingerprint density at radius 1 is 1.22 bits per heavy atom. The van der Waals surface area contributed by atoms with Crippen LogP contribution in [0.3, 0.4) is 0 Å². The van der Waals surface area contributed by atoms with Gasteiger partial charge in [-0.25, -0.2) is 0 Å². The number of hydrogen-bond donors (Lipinski definition) is 2. The van der Waals surface area contributed by atoms with Gasteiger partial charge in [0, 0.05) is 12.1 Å². The van der Waals surface area contributed by atoms with E-state index in [1.807, 2.05) is 7.05 Å². The molecule has 100 valence electrons. The van der Waals surface area contributed by atoms with Crippen LogP contribution in [0.25, 0.3) is 0 Å². The van der Waals surface area contributed by atoms with Gasteiger partial charge in [0.1, 0.15) is 11.3 Å². The summed E-state index contributed by atoms with van der Waals surface area (Å²) in [5.41, 5.74) is 1.25. The molecule has 1 fully saturated rings. The molecule has 1 heterocycles. The van der Waals surface area contributed by atoms with Gasteiger partial charge in [-0.1, -0.05) is 5.16 Å². The third kappa shape index (κ3) is 2.72. The summed E-state index contributed by atoms with van der Waals surface area (Å²) in [6, 6.07) is 0.869. The van der Waals surface area contributed by atoms with Gasteiger partial charge in [0.15, 0.2) is 0 Å². The van der Waals surface area contributed by atoms with Gasteiger partial charge in [-0.3, -0.25) is 4.79 Å². The molecular formula is C13H21N3O2. The Kier molecular flexibility index (Phi) is 4.01. The molecule has 18 heavy (non-hydrogen) atoms. The highest BCUT2D eigenvalue weighted by Crippen LogP contribution is 2.19. The maximum atomic E-state index is 12.1. The van der Waals surface area contributed by atoms with Gasteiger partial charge in [-0.05, 0) is 46.6 Å². The summed E-state index contributed by atoms with van der Waals surface area (Å²) in [4.78, 5) is 12.1. The minimum atomic E-state index is -0.0563. The summed E-state index contributed by atoms with van der Waals surface area (Å²) in [6.45, 7) is 3.57. The van der Waals surface area contributed by atoms with Gasteiger partial charge in [-0.2, -0.15) is 0 Å². The summed E-state index contributed by atoms with van der Waals surface area (Å²) < 4.78 is 5.02. The normalized spacial score (nSPS) is 23.9. The maximum absolute atomic E-state index is 12.1. The highest BCUT2D eigenvalue weighted by Gasteiger charge is 2.24. The Morgan fingerprint density at radius 3 is 2.33 bits per heavy atom. The zero-order chi connectivity index (χ0) is 13.1. The highest BCUT2D eigenvalue weighted by atomic mass is 16.5. The summed E-state index contributed by atoms with van der Waals surface area (Å²) in [6.07, 6.45) is 4.29. The Labute approximate surface area is 107 Å². The molecule has 1 saturated carbocycles. The first kappa shape index (κ1) is 13.1. The van der Waals surface area contributed by atoms with Gasteiger partial charge in [-0.15, -0.1) is 0 Å². The lowest BCUT2D eigenvalue weighted by molar-refractivity contribution is 0.0922. The second-order valence-electron chi connectivity index (χ2n) is 5.01. The molecule has 1 amide bonds.